The molecule has 1 aliphatic carbocycles. The second kappa shape index (κ2) is 2.95. The summed E-state index contributed by atoms with van der Waals surface area (Å²) in [6, 6.07) is 0. The standard InChI is InChI=1S/C9H17F2N/c1-8(2)4-3-5-9(12,6-8)7(10)11/h7H,3-6,12H2,1-2H3. The molecule has 72 valence electrons. The van der Waals surface area contributed by atoms with Crippen molar-refractivity contribution in [3.63, 3.8) is 0 Å². The van der Waals surface area contributed by atoms with Crippen LogP contribution >= 0.6 is 0 Å². The van der Waals surface area contributed by atoms with E-state index >= 15 is 0 Å². The van der Waals surface area contributed by atoms with E-state index in [4.69, 9.17) is 5.73 Å². The molecule has 0 saturated heterocycles. The lowest BCUT2D eigenvalue weighted by Crippen LogP contribution is -2.52. The Morgan fingerprint density at radius 2 is 1.83 bits per heavy atom. The van der Waals surface area contributed by atoms with E-state index in [0.717, 1.165) is 12.8 Å². The van der Waals surface area contributed by atoms with Gasteiger partial charge in [-0.1, -0.05) is 20.3 Å². The second-order valence-electron chi connectivity index (χ2n) is 4.73. The third-order valence-corrected chi connectivity index (χ3v) is 2.74. The highest BCUT2D eigenvalue weighted by Gasteiger charge is 2.43. The Balaban J connectivity index is 2.68. The van der Waals surface area contributed by atoms with E-state index in [1.807, 2.05) is 13.8 Å². The molecule has 1 aliphatic rings. The zero-order valence-electron chi connectivity index (χ0n) is 7.74. The highest BCUT2D eigenvalue weighted by atomic mass is 19.3. The Bertz CT molecular complexity index is 168. The zero-order valence-corrected chi connectivity index (χ0v) is 7.74. The quantitative estimate of drug-likeness (QED) is 0.654. The van der Waals surface area contributed by atoms with Crippen LogP contribution in [0.4, 0.5) is 8.78 Å². The maximum absolute atomic E-state index is 12.5. The Kier molecular flexibility index (Phi) is 2.43. The molecule has 1 atom stereocenters. The number of alkyl halides is 2. The summed E-state index contributed by atoms with van der Waals surface area (Å²) < 4.78 is 25.0. The van der Waals surface area contributed by atoms with Crippen LogP contribution in [-0.4, -0.2) is 12.0 Å². The first-order valence-electron chi connectivity index (χ1n) is 4.43. The van der Waals surface area contributed by atoms with Gasteiger partial charge in [-0.05, 0) is 24.7 Å². The highest BCUT2D eigenvalue weighted by Crippen LogP contribution is 2.42. The van der Waals surface area contributed by atoms with Crippen molar-refractivity contribution in [3.8, 4) is 0 Å². The summed E-state index contributed by atoms with van der Waals surface area (Å²) in [6.45, 7) is 4.02. The lowest BCUT2D eigenvalue weighted by atomic mass is 9.69. The van der Waals surface area contributed by atoms with Crippen molar-refractivity contribution < 1.29 is 8.78 Å². The van der Waals surface area contributed by atoms with E-state index in [1.54, 1.807) is 0 Å². The molecule has 0 heterocycles. The molecule has 12 heavy (non-hydrogen) atoms. The highest BCUT2D eigenvalue weighted by molar-refractivity contribution is 4.96. The molecule has 0 amide bonds. The normalized spacial score (nSPS) is 35.5. The lowest BCUT2D eigenvalue weighted by Gasteiger charge is -2.41. The third kappa shape index (κ3) is 1.94. The fourth-order valence-corrected chi connectivity index (χ4v) is 2.15. The van der Waals surface area contributed by atoms with Crippen LogP contribution in [0.3, 0.4) is 0 Å². The van der Waals surface area contributed by atoms with Gasteiger partial charge in [-0.15, -0.1) is 0 Å². The average molecular weight is 177 g/mol. The molecule has 1 rings (SSSR count). The molecule has 1 nitrogen and oxygen atoms in total. The molecule has 0 spiro atoms. The number of nitrogens with two attached hydrogens (primary N) is 1. The van der Waals surface area contributed by atoms with Crippen LogP contribution in [0.25, 0.3) is 0 Å². The molecule has 3 heteroatoms. The van der Waals surface area contributed by atoms with Gasteiger partial charge in [-0.2, -0.15) is 0 Å². The van der Waals surface area contributed by atoms with Crippen molar-refractivity contribution in [2.45, 2.75) is 51.5 Å². The van der Waals surface area contributed by atoms with E-state index < -0.39 is 12.0 Å². The Morgan fingerprint density at radius 1 is 1.25 bits per heavy atom. The van der Waals surface area contributed by atoms with Crippen LogP contribution in [0.2, 0.25) is 0 Å². The van der Waals surface area contributed by atoms with Crippen LogP contribution in [0.5, 0.6) is 0 Å². The van der Waals surface area contributed by atoms with Crippen molar-refractivity contribution in [2.75, 3.05) is 0 Å². The molecule has 0 radical (unpaired) electrons. The first kappa shape index (κ1) is 9.90. The van der Waals surface area contributed by atoms with Crippen molar-refractivity contribution in [1.82, 2.24) is 0 Å². The molecule has 1 fully saturated rings. The fourth-order valence-electron chi connectivity index (χ4n) is 2.15. The number of rotatable bonds is 1. The molecule has 0 aliphatic heterocycles. The fraction of sp³-hybridized carbons (Fsp3) is 1.00. The van der Waals surface area contributed by atoms with Crippen molar-refractivity contribution in [1.29, 1.82) is 0 Å². The van der Waals surface area contributed by atoms with Crippen LogP contribution in [-0.2, 0) is 0 Å². The summed E-state index contributed by atoms with van der Waals surface area (Å²) >= 11 is 0. The summed E-state index contributed by atoms with van der Waals surface area (Å²) in [7, 11) is 0. The van der Waals surface area contributed by atoms with Crippen molar-refractivity contribution >= 4 is 0 Å². The third-order valence-electron chi connectivity index (χ3n) is 2.74. The van der Waals surface area contributed by atoms with Gasteiger partial charge in [0, 0.05) is 0 Å². The number of halogens is 2. The first-order valence-corrected chi connectivity index (χ1v) is 4.43. The summed E-state index contributed by atoms with van der Waals surface area (Å²) in [5.41, 5.74) is 4.40. The van der Waals surface area contributed by atoms with E-state index in [1.165, 1.54) is 0 Å². The van der Waals surface area contributed by atoms with Gasteiger partial charge in [0.25, 0.3) is 6.43 Å². The summed E-state index contributed by atoms with van der Waals surface area (Å²) in [4.78, 5) is 0. The van der Waals surface area contributed by atoms with Gasteiger partial charge in [-0.3, -0.25) is 0 Å². The molecule has 0 aromatic heterocycles. The molecular formula is C9H17F2N. The smallest absolute Gasteiger partial charge is 0.256 e. The van der Waals surface area contributed by atoms with Crippen molar-refractivity contribution in [2.24, 2.45) is 11.1 Å². The van der Waals surface area contributed by atoms with Crippen LogP contribution in [0.1, 0.15) is 39.5 Å². The predicted octanol–water partition coefficient (Wildman–Crippen LogP) is 2.55. The van der Waals surface area contributed by atoms with Gasteiger partial charge >= 0.3 is 0 Å². The maximum Gasteiger partial charge on any atom is 0.256 e. The Labute approximate surface area is 72.3 Å². The summed E-state index contributed by atoms with van der Waals surface area (Å²) in [6.07, 6.45) is 0.371. The Hall–Kier alpha value is -0.180. The minimum atomic E-state index is -2.38. The SMILES string of the molecule is CC1(C)CCCC(N)(C(F)F)C1. The zero-order chi connectivity index (χ0) is 9.41. The number of hydrogen-bond acceptors (Lipinski definition) is 1. The molecule has 1 unspecified atom stereocenters. The average Bonchev–Trinajstić information content (AvgIpc) is 1.83. The van der Waals surface area contributed by atoms with Gasteiger partial charge in [-0.25, -0.2) is 8.78 Å². The molecule has 0 aromatic carbocycles. The maximum atomic E-state index is 12.5. The second-order valence-corrected chi connectivity index (χ2v) is 4.73. The molecule has 1 saturated carbocycles. The van der Waals surface area contributed by atoms with Gasteiger partial charge in [0.05, 0.1) is 5.54 Å². The molecular weight excluding hydrogens is 160 g/mol. The van der Waals surface area contributed by atoms with Gasteiger partial charge < -0.3 is 5.73 Å². The van der Waals surface area contributed by atoms with Crippen LogP contribution in [0.15, 0.2) is 0 Å². The van der Waals surface area contributed by atoms with Crippen LogP contribution in [0, 0.1) is 5.41 Å². The van der Waals surface area contributed by atoms with Crippen LogP contribution < -0.4 is 5.73 Å². The molecule has 2 N–H and O–H groups in total. The van der Waals surface area contributed by atoms with E-state index in [9.17, 15) is 8.78 Å². The van der Waals surface area contributed by atoms with Gasteiger partial charge in [0.15, 0.2) is 0 Å². The Morgan fingerprint density at radius 3 is 2.17 bits per heavy atom. The largest absolute Gasteiger partial charge is 0.320 e. The predicted molar refractivity (Wildman–Crippen MR) is 45.2 cm³/mol. The molecule has 0 aromatic rings. The van der Waals surface area contributed by atoms with E-state index in [2.05, 4.69) is 0 Å². The first-order chi connectivity index (χ1) is 5.36. The van der Waals surface area contributed by atoms with Crippen molar-refractivity contribution in [3.05, 3.63) is 0 Å². The number of hydrogen-bond donors (Lipinski definition) is 1. The topological polar surface area (TPSA) is 26.0 Å². The van der Waals surface area contributed by atoms with E-state index in [-0.39, 0.29) is 5.41 Å². The van der Waals surface area contributed by atoms with E-state index in [0.29, 0.717) is 12.8 Å². The monoisotopic (exact) mass is 177 g/mol. The minimum absolute atomic E-state index is 0.0105. The summed E-state index contributed by atoms with van der Waals surface area (Å²) in [5, 5.41) is 0. The minimum Gasteiger partial charge on any atom is -0.320 e. The molecule has 0 bridgehead atoms. The lowest BCUT2D eigenvalue weighted by molar-refractivity contribution is -0.000877. The summed E-state index contributed by atoms with van der Waals surface area (Å²) in [5.74, 6) is 0. The van der Waals surface area contributed by atoms with Gasteiger partial charge in [0.2, 0.25) is 0 Å². The van der Waals surface area contributed by atoms with Gasteiger partial charge in [0.1, 0.15) is 0 Å².